The summed E-state index contributed by atoms with van der Waals surface area (Å²) >= 11 is 5.23. The van der Waals surface area contributed by atoms with Crippen LogP contribution in [0.25, 0.3) is 0 Å². The molecule has 2 aliphatic heterocycles. The summed E-state index contributed by atoms with van der Waals surface area (Å²) in [5.41, 5.74) is 3.65. The quantitative estimate of drug-likeness (QED) is 0.422. The highest BCUT2D eigenvalue weighted by Gasteiger charge is 2.17. The van der Waals surface area contributed by atoms with E-state index in [1.165, 1.54) is 0 Å². The Kier molecular flexibility index (Phi) is 6.87. The van der Waals surface area contributed by atoms with E-state index in [0.717, 1.165) is 45.0 Å². The molecule has 0 atom stereocenters. The highest BCUT2D eigenvalue weighted by Crippen LogP contribution is 2.39. The summed E-state index contributed by atoms with van der Waals surface area (Å²) in [5, 5.41) is 7.80. The van der Waals surface area contributed by atoms with Crippen molar-refractivity contribution in [1.29, 1.82) is 0 Å². The molecular weight excluding hydrogens is 356 g/mol. The summed E-state index contributed by atoms with van der Waals surface area (Å²) in [6, 6.07) is 3.70. The summed E-state index contributed by atoms with van der Waals surface area (Å²) in [4.78, 5) is 2.34. The first kappa shape index (κ1) is 18.7. The molecule has 142 valence electrons. The number of ether oxygens (including phenoxy) is 4. The summed E-state index contributed by atoms with van der Waals surface area (Å²) in [6.07, 6.45) is 1.66. The molecule has 3 rings (SSSR count). The van der Waals surface area contributed by atoms with Gasteiger partial charge in [0.15, 0.2) is 16.6 Å². The number of benzene rings is 1. The van der Waals surface area contributed by atoms with Crippen LogP contribution in [0.4, 0.5) is 0 Å². The lowest BCUT2D eigenvalue weighted by Gasteiger charge is -2.26. The van der Waals surface area contributed by atoms with Crippen LogP contribution in [0.15, 0.2) is 17.2 Å². The van der Waals surface area contributed by atoms with Crippen LogP contribution in [0.1, 0.15) is 5.56 Å². The first-order valence-corrected chi connectivity index (χ1v) is 9.02. The molecule has 0 aliphatic carbocycles. The lowest BCUT2D eigenvalue weighted by Crippen LogP contribution is -2.42. The molecule has 0 bridgehead atoms. The molecule has 2 heterocycles. The summed E-state index contributed by atoms with van der Waals surface area (Å²) in [7, 11) is 1.60. The summed E-state index contributed by atoms with van der Waals surface area (Å²) in [6.45, 7) is 6.25. The molecule has 26 heavy (non-hydrogen) atoms. The van der Waals surface area contributed by atoms with Gasteiger partial charge in [-0.15, -0.1) is 0 Å². The second-order valence-electron chi connectivity index (χ2n) is 5.83. The smallest absolute Gasteiger partial charge is 0.203 e. The van der Waals surface area contributed by atoms with Gasteiger partial charge in [0.25, 0.3) is 0 Å². The van der Waals surface area contributed by atoms with Gasteiger partial charge in [0.1, 0.15) is 13.2 Å². The van der Waals surface area contributed by atoms with Crippen molar-refractivity contribution in [3.05, 3.63) is 17.7 Å². The maximum absolute atomic E-state index is 5.61. The average Bonchev–Trinajstić information content (AvgIpc) is 2.68. The van der Waals surface area contributed by atoms with Crippen LogP contribution in [0.3, 0.4) is 0 Å². The minimum atomic E-state index is 0.485. The van der Waals surface area contributed by atoms with E-state index in [-0.39, 0.29) is 0 Å². The van der Waals surface area contributed by atoms with Gasteiger partial charge in [0.05, 0.1) is 26.5 Å². The van der Waals surface area contributed by atoms with Gasteiger partial charge in [0.2, 0.25) is 5.75 Å². The highest BCUT2D eigenvalue weighted by molar-refractivity contribution is 7.80. The van der Waals surface area contributed by atoms with Gasteiger partial charge in [-0.2, -0.15) is 5.10 Å². The Morgan fingerprint density at radius 2 is 2.08 bits per heavy atom. The van der Waals surface area contributed by atoms with Gasteiger partial charge < -0.3 is 24.3 Å². The van der Waals surface area contributed by atoms with Crippen LogP contribution in [-0.2, 0) is 4.74 Å². The molecule has 0 aromatic heterocycles. The molecule has 1 saturated heterocycles. The SMILES string of the molecule is COc1cc(/C=N\NC(=S)NCCN2CCOCC2)cc2c1OCCO2. The summed E-state index contributed by atoms with van der Waals surface area (Å²) in [5.74, 6) is 1.90. The number of rotatable bonds is 6. The number of hydrogen-bond acceptors (Lipinski definition) is 7. The van der Waals surface area contributed by atoms with Crippen molar-refractivity contribution >= 4 is 23.5 Å². The topological polar surface area (TPSA) is 76.6 Å². The van der Waals surface area contributed by atoms with Gasteiger partial charge in [-0.1, -0.05) is 0 Å². The maximum Gasteiger partial charge on any atom is 0.203 e. The molecule has 2 N–H and O–H groups in total. The minimum Gasteiger partial charge on any atom is -0.493 e. The van der Waals surface area contributed by atoms with E-state index in [1.807, 2.05) is 12.1 Å². The third-order valence-electron chi connectivity index (χ3n) is 4.05. The highest BCUT2D eigenvalue weighted by atomic mass is 32.1. The van der Waals surface area contributed by atoms with E-state index in [1.54, 1.807) is 13.3 Å². The third kappa shape index (κ3) is 5.20. The number of thiocarbonyl (C=S) groups is 1. The molecule has 1 fully saturated rings. The van der Waals surface area contributed by atoms with Gasteiger partial charge in [-0.05, 0) is 24.4 Å². The maximum atomic E-state index is 5.61. The number of nitrogens with zero attached hydrogens (tertiary/aromatic N) is 2. The lowest BCUT2D eigenvalue weighted by molar-refractivity contribution is 0.0389. The molecule has 0 unspecified atom stereocenters. The number of hydrogen-bond donors (Lipinski definition) is 2. The number of morpholine rings is 1. The van der Waals surface area contributed by atoms with Crippen LogP contribution in [0.5, 0.6) is 17.2 Å². The molecule has 2 aliphatic rings. The van der Waals surface area contributed by atoms with E-state index in [0.29, 0.717) is 35.6 Å². The van der Waals surface area contributed by atoms with E-state index in [4.69, 9.17) is 31.2 Å². The van der Waals surface area contributed by atoms with E-state index in [2.05, 4.69) is 20.7 Å². The predicted molar refractivity (Wildman–Crippen MR) is 103 cm³/mol. The zero-order valence-corrected chi connectivity index (χ0v) is 15.6. The van der Waals surface area contributed by atoms with Crippen molar-refractivity contribution in [1.82, 2.24) is 15.6 Å². The fourth-order valence-electron chi connectivity index (χ4n) is 2.73. The van der Waals surface area contributed by atoms with Crippen molar-refractivity contribution in [3.63, 3.8) is 0 Å². The normalized spacial score (nSPS) is 17.1. The standard InChI is InChI=1S/C17H24N4O4S/c1-22-14-10-13(11-15-16(14)25-9-8-24-15)12-19-20-17(26)18-2-3-21-4-6-23-7-5-21/h10-12H,2-9H2,1H3,(H2,18,20,26)/b19-12-. The first-order chi connectivity index (χ1) is 12.8. The molecule has 1 aromatic carbocycles. The Balaban J connectivity index is 1.46. The number of hydrazone groups is 1. The van der Waals surface area contributed by atoms with E-state index < -0.39 is 0 Å². The first-order valence-electron chi connectivity index (χ1n) is 8.61. The Morgan fingerprint density at radius 3 is 2.88 bits per heavy atom. The fraction of sp³-hybridized carbons (Fsp3) is 0.529. The van der Waals surface area contributed by atoms with Crippen LogP contribution in [0.2, 0.25) is 0 Å². The number of fused-ring (bicyclic) bond motifs is 1. The van der Waals surface area contributed by atoms with Crippen molar-refractivity contribution in [2.24, 2.45) is 5.10 Å². The molecular formula is C17H24N4O4S. The van der Waals surface area contributed by atoms with Crippen molar-refractivity contribution in [3.8, 4) is 17.2 Å². The molecule has 9 heteroatoms. The van der Waals surface area contributed by atoms with E-state index in [9.17, 15) is 0 Å². The Bertz CT molecular complexity index is 633. The van der Waals surface area contributed by atoms with Crippen LogP contribution < -0.4 is 25.0 Å². The van der Waals surface area contributed by atoms with Crippen molar-refractivity contribution < 1.29 is 18.9 Å². The van der Waals surface area contributed by atoms with Crippen LogP contribution in [-0.4, -0.2) is 75.9 Å². The van der Waals surface area contributed by atoms with E-state index >= 15 is 0 Å². The molecule has 0 spiro atoms. The van der Waals surface area contributed by atoms with Gasteiger partial charge in [-0.25, -0.2) is 0 Å². The van der Waals surface area contributed by atoms with Crippen molar-refractivity contribution in [2.45, 2.75) is 0 Å². The Morgan fingerprint density at radius 1 is 1.27 bits per heavy atom. The third-order valence-corrected chi connectivity index (χ3v) is 4.28. The molecule has 0 amide bonds. The summed E-state index contributed by atoms with van der Waals surface area (Å²) < 4.78 is 21.9. The zero-order chi connectivity index (χ0) is 18.2. The van der Waals surface area contributed by atoms with Gasteiger partial charge >= 0.3 is 0 Å². The second-order valence-corrected chi connectivity index (χ2v) is 6.24. The molecule has 8 nitrogen and oxygen atoms in total. The monoisotopic (exact) mass is 380 g/mol. The zero-order valence-electron chi connectivity index (χ0n) is 14.8. The Hall–Kier alpha value is -2.10. The van der Waals surface area contributed by atoms with Crippen LogP contribution >= 0.6 is 12.2 Å². The molecule has 1 aromatic rings. The lowest BCUT2D eigenvalue weighted by atomic mass is 10.2. The predicted octanol–water partition coefficient (Wildman–Crippen LogP) is 0.597. The number of methoxy groups -OCH3 is 1. The average molecular weight is 380 g/mol. The molecule has 0 radical (unpaired) electrons. The molecule has 0 saturated carbocycles. The van der Waals surface area contributed by atoms with Gasteiger partial charge in [-0.3, -0.25) is 10.3 Å². The largest absolute Gasteiger partial charge is 0.493 e. The fourth-order valence-corrected chi connectivity index (χ4v) is 2.88. The van der Waals surface area contributed by atoms with Gasteiger partial charge in [0, 0.05) is 31.7 Å². The van der Waals surface area contributed by atoms with Crippen molar-refractivity contribution in [2.75, 3.05) is 59.7 Å². The number of nitrogens with one attached hydrogen (secondary N) is 2. The Labute approximate surface area is 158 Å². The van der Waals surface area contributed by atoms with Crippen LogP contribution in [0, 0.1) is 0 Å². The second kappa shape index (κ2) is 9.56. The minimum absolute atomic E-state index is 0.485.